The summed E-state index contributed by atoms with van der Waals surface area (Å²) in [5, 5.41) is 1.14. The van der Waals surface area contributed by atoms with Crippen LogP contribution in [-0.2, 0) is 27.1 Å². The molecule has 7 aromatic carbocycles. The fourth-order valence-electron chi connectivity index (χ4n) is 13.0. The molecule has 5 heteroatoms. The van der Waals surface area contributed by atoms with Crippen LogP contribution in [0.3, 0.4) is 0 Å². The van der Waals surface area contributed by atoms with Crippen LogP contribution in [0.15, 0.2) is 144 Å². The van der Waals surface area contributed by atoms with E-state index >= 15 is 0 Å². The largest absolute Gasteiger partial charge is 0.468 e. The van der Waals surface area contributed by atoms with Crippen molar-refractivity contribution in [2.75, 3.05) is 14.7 Å². The van der Waals surface area contributed by atoms with Crippen molar-refractivity contribution in [2.45, 2.75) is 143 Å². The summed E-state index contributed by atoms with van der Waals surface area (Å²) in [5.41, 5.74) is 24.7. The van der Waals surface area contributed by atoms with Gasteiger partial charge in [0.25, 0.3) is 6.71 Å². The van der Waals surface area contributed by atoms with Crippen LogP contribution in [0.25, 0.3) is 11.0 Å². The third kappa shape index (κ3) is 7.07. The van der Waals surface area contributed by atoms with Crippen LogP contribution >= 0.6 is 0 Å². The average molecular weight is 932 g/mol. The Bertz CT molecular complexity index is 3400. The molecule has 0 fully saturated rings. The van der Waals surface area contributed by atoms with E-state index in [1.54, 1.807) is 0 Å². The Morgan fingerprint density at radius 3 is 1.56 bits per heavy atom. The van der Waals surface area contributed by atoms with E-state index < -0.39 is 0 Å². The number of furan rings is 1. The van der Waals surface area contributed by atoms with Crippen molar-refractivity contribution in [3.63, 3.8) is 0 Å². The lowest BCUT2D eigenvalue weighted by atomic mass is 9.35. The minimum atomic E-state index is -0.172. The monoisotopic (exact) mass is 932 g/mol. The third-order valence-electron chi connectivity index (χ3n) is 17.5. The SMILES string of the molecule is Cc1ccc2oc3c(c2c1)N(c1ccc(C(C)(C)C)cc1)c1cc(N(c2ccccc2)c2ccccc2)cc2c1B3c1cc3c(cc1N2c1cc2c(cc1C)C(C)(C)CCC2(C)C)C(C)(C)CCC3(C)C. The van der Waals surface area contributed by atoms with Crippen molar-refractivity contribution in [2.24, 2.45) is 0 Å². The van der Waals surface area contributed by atoms with Gasteiger partial charge < -0.3 is 19.1 Å². The molecule has 0 amide bonds. The number of para-hydroxylation sites is 2. The second-order valence-electron chi connectivity index (χ2n) is 25.3. The van der Waals surface area contributed by atoms with Crippen LogP contribution < -0.4 is 31.3 Å². The van der Waals surface area contributed by atoms with Gasteiger partial charge in [0.1, 0.15) is 5.58 Å². The molecule has 2 aliphatic carbocycles. The molecule has 4 nitrogen and oxygen atoms in total. The second kappa shape index (κ2) is 15.5. The summed E-state index contributed by atoms with van der Waals surface area (Å²) in [5.74, 6) is 0. The molecule has 0 N–H and O–H groups in total. The van der Waals surface area contributed by atoms with Crippen molar-refractivity contribution in [1.29, 1.82) is 0 Å². The van der Waals surface area contributed by atoms with Gasteiger partial charge in [-0.1, -0.05) is 148 Å². The standard InChI is InChI=1S/C66H70BN3O/c1-41-24-29-58-48(34-41)60-61(71-58)67-53-38-50-52(66(12,13)33-31-64(50,8)9)40-55(53)70(54-39-51-49(35-42(54)2)63(6,7)30-32-65(51,10)11)57-37-47(68(44-20-16-14-17-21-44)45-22-18-15-19-23-45)36-56(59(57)67)69(60)46-27-25-43(26-28-46)62(3,4)5/h14-29,34-40H,30-33H2,1-13H3. The Morgan fingerprint density at radius 2 is 1.01 bits per heavy atom. The molecule has 2 aliphatic heterocycles. The van der Waals surface area contributed by atoms with Gasteiger partial charge in [0.15, 0.2) is 0 Å². The molecule has 12 rings (SSSR count). The predicted octanol–water partition coefficient (Wildman–Crippen LogP) is 16.6. The zero-order valence-corrected chi connectivity index (χ0v) is 44.4. The average Bonchev–Trinajstić information content (AvgIpc) is 3.70. The highest BCUT2D eigenvalue weighted by atomic mass is 16.3. The van der Waals surface area contributed by atoms with Gasteiger partial charge in [-0.05, 0) is 184 Å². The molecule has 358 valence electrons. The molecule has 0 saturated heterocycles. The van der Waals surface area contributed by atoms with Crippen LogP contribution in [0, 0.1) is 13.8 Å². The van der Waals surface area contributed by atoms with Crippen molar-refractivity contribution in [3.8, 4) is 0 Å². The van der Waals surface area contributed by atoms with Gasteiger partial charge in [0.05, 0.1) is 17.0 Å². The molecule has 0 atom stereocenters. The normalized spacial score (nSPS) is 17.8. The van der Waals surface area contributed by atoms with Crippen LogP contribution in [0.1, 0.15) is 141 Å². The Morgan fingerprint density at radius 1 is 0.507 bits per heavy atom. The topological polar surface area (TPSA) is 22.9 Å². The zero-order valence-electron chi connectivity index (χ0n) is 44.4. The summed E-state index contributed by atoms with van der Waals surface area (Å²) >= 11 is 0. The third-order valence-corrected chi connectivity index (χ3v) is 17.5. The Hall–Kier alpha value is -6.46. The fourth-order valence-corrected chi connectivity index (χ4v) is 13.0. The Balaban J connectivity index is 1.26. The molecule has 4 aliphatic rings. The maximum Gasteiger partial charge on any atom is 0.297 e. The van der Waals surface area contributed by atoms with Gasteiger partial charge in [-0.15, -0.1) is 0 Å². The zero-order chi connectivity index (χ0) is 49.7. The predicted molar refractivity (Wildman–Crippen MR) is 304 cm³/mol. The van der Waals surface area contributed by atoms with Gasteiger partial charge in [0.2, 0.25) is 0 Å². The van der Waals surface area contributed by atoms with E-state index in [0.29, 0.717) is 0 Å². The van der Waals surface area contributed by atoms with Gasteiger partial charge in [-0.25, -0.2) is 0 Å². The van der Waals surface area contributed by atoms with Crippen molar-refractivity contribution in [1.82, 2.24) is 0 Å². The quantitative estimate of drug-likeness (QED) is 0.160. The smallest absolute Gasteiger partial charge is 0.297 e. The number of nitrogens with zero attached hydrogens (tertiary/aromatic N) is 3. The van der Waals surface area contributed by atoms with Gasteiger partial charge in [0, 0.05) is 45.2 Å². The van der Waals surface area contributed by atoms with Crippen molar-refractivity contribution < 1.29 is 4.42 Å². The summed E-state index contributed by atoms with van der Waals surface area (Å²) in [6.07, 6.45) is 4.60. The summed E-state index contributed by atoms with van der Waals surface area (Å²) in [6, 6.07) is 53.4. The first-order valence-corrected chi connectivity index (χ1v) is 26.3. The number of anilines is 9. The van der Waals surface area contributed by atoms with Crippen molar-refractivity contribution >= 4 is 85.5 Å². The van der Waals surface area contributed by atoms with E-state index in [1.165, 1.54) is 79.0 Å². The van der Waals surface area contributed by atoms with Crippen LogP contribution in [0.2, 0.25) is 0 Å². The van der Waals surface area contributed by atoms with Crippen molar-refractivity contribution in [3.05, 3.63) is 178 Å². The van der Waals surface area contributed by atoms with E-state index in [-0.39, 0.29) is 33.8 Å². The number of rotatable bonds is 5. The summed E-state index contributed by atoms with van der Waals surface area (Å²) in [6.45, 7) is 31.0. The van der Waals surface area contributed by atoms with Crippen LogP contribution in [0.4, 0.5) is 51.2 Å². The second-order valence-corrected chi connectivity index (χ2v) is 25.3. The van der Waals surface area contributed by atoms with Crippen LogP contribution in [0.5, 0.6) is 0 Å². The Kier molecular flexibility index (Phi) is 9.98. The molecule has 0 unspecified atom stereocenters. The molecule has 0 bridgehead atoms. The Labute approximate surface area is 423 Å². The molecule has 0 radical (unpaired) electrons. The molecular weight excluding hydrogens is 862 g/mol. The first-order chi connectivity index (χ1) is 33.6. The number of benzene rings is 7. The number of fused-ring (bicyclic) bond motifs is 8. The molecule has 0 spiro atoms. The highest BCUT2D eigenvalue weighted by molar-refractivity contribution is 7.00. The molecule has 1 aromatic heterocycles. The molecule has 0 saturated carbocycles. The number of hydrogen-bond donors (Lipinski definition) is 0. The lowest BCUT2D eigenvalue weighted by molar-refractivity contribution is 0.331. The van der Waals surface area contributed by atoms with E-state index in [9.17, 15) is 0 Å². The van der Waals surface area contributed by atoms with E-state index in [1.807, 2.05) is 0 Å². The first kappa shape index (κ1) is 45.7. The minimum Gasteiger partial charge on any atom is -0.468 e. The minimum absolute atomic E-state index is 0.00218. The molecule has 3 heterocycles. The molecule has 71 heavy (non-hydrogen) atoms. The van der Waals surface area contributed by atoms with E-state index in [4.69, 9.17) is 4.42 Å². The lowest BCUT2D eigenvalue weighted by Gasteiger charge is -2.47. The van der Waals surface area contributed by atoms with Gasteiger partial charge in [-0.3, -0.25) is 0 Å². The summed E-state index contributed by atoms with van der Waals surface area (Å²) in [7, 11) is 0. The van der Waals surface area contributed by atoms with Gasteiger partial charge in [-0.2, -0.15) is 0 Å². The van der Waals surface area contributed by atoms with Gasteiger partial charge >= 0.3 is 0 Å². The summed E-state index contributed by atoms with van der Waals surface area (Å²) in [4.78, 5) is 7.71. The lowest BCUT2D eigenvalue weighted by Crippen LogP contribution is -2.61. The number of hydrogen-bond acceptors (Lipinski definition) is 4. The fraction of sp³-hybridized carbons (Fsp3) is 0.333. The first-order valence-electron chi connectivity index (χ1n) is 26.3. The van der Waals surface area contributed by atoms with E-state index in [2.05, 4.69) is 244 Å². The highest BCUT2D eigenvalue weighted by Crippen LogP contribution is 2.55. The maximum absolute atomic E-state index is 7.45. The molecule has 8 aromatic rings. The summed E-state index contributed by atoms with van der Waals surface area (Å²) < 4.78 is 7.45. The molecular formula is C66H70BN3O. The van der Waals surface area contributed by atoms with Crippen LogP contribution in [-0.4, -0.2) is 6.71 Å². The highest BCUT2D eigenvalue weighted by Gasteiger charge is 2.50. The van der Waals surface area contributed by atoms with E-state index in [0.717, 1.165) is 64.3 Å². The maximum atomic E-state index is 7.45. The number of aryl methyl sites for hydroxylation is 2.